The highest BCUT2D eigenvalue weighted by Gasteiger charge is 2.02. The van der Waals surface area contributed by atoms with Crippen molar-refractivity contribution >= 4 is 11.0 Å². The average molecular weight is 162 g/mol. The Hall–Kier alpha value is -1.42. The van der Waals surface area contributed by atoms with Crippen LogP contribution in [0.3, 0.4) is 0 Å². The van der Waals surface area contributed by atoms with Crippen LogP contribution in [0.4, 0.5) is 0 Å². The van der Waals surface area contributed by atoms with Gasteiger partial charge in [-0.3, -0.25) is 4.98 Å². The standard InChI is InChI=1S/C8H10N4/c1-5-3-10-4-6-8(5)12-7(2-9)11-6/h3-4H,2,9H2,1H3,(H,11,12). The molecule has 12 heavy (non-hydrogen) atoms. The Bertz CT molecular complexity index is 404. The minimum Gasteiger partial charge on any atom is -0.340 e. The molecule has 0 unspecified atom stereocenters. The van der Waals surface area contributed by atoms with Crippen molar-refractivity contribution in [1.82, 2.24) is 15.0 Å². The van der Waals surface area contributed by atoms with Gasteiger partial charge in [0, 0.05) is 6.20 Å². The predicted molar refractivity (Wildman–Crippen MR) is 46.5 cm³/mol. The molecule has 0 saturated carbocycles. The fraction of sp³-hybridized carbons (Fsp3) is 0.250. The first-order valence-corrected chi connectivity index (χ1v) is 3.80. The molecule has 2 rings (SSSR count). The van der Waals surface area contributed by atoms with E-state index in [0.29, 0.717) is 6.54 Å². The van der Waals surface area contributed by atoms with E-state index in [1.165, 1.54) is 0 Å². The monoisotopic (exact) mass is 162 g/mol. The van der Waals surface area contributed by atoms with Gasteiger partial charge in [-0.25, -0.2) is 4.98 Å². The first kappa shape index (κ1) is 7.24. The van der Waals surface area contributed by atoms with Crippen LogP contribution in [0.25, 0.3) is 11.0 Å². The SMILES string of the molecule is Cc1cncc2[nH]c(CN)nc12. The van der Waals surface area contributed by atoms with Crippen molar-refractivity contribution in [2.24, 2.45) is 5.73 Å². The normalized spacial score (nSPS) is 10.8. The van der Waals surface area contributed by atoms with Gasteiger partial charge in [-0.05, 0) is 12.5 Å². The van der Waals surface area contributed by atoms with Gasteiger partial charge in [0.2, 0.25) is 0 Å². The fourth-order valence-corrected chi connectivity index (χ4v) is 1.21. The van der Waals surface area contributed by atoms with E-state index in [1.807, 2.05) is 6.92 Å². The van der Waals surface area contributed by atoms with E-state index in [4.69, 9.17) is 5.73 Å². The lowest BCUT2D eigenvalue weighted by atomic mass is 10.3. The zero-order valence-corrected chi connectivity index (χ0v) is 6.83. The Morgan fingerprint density at radius 1 is 1.50 bits per heavy atom. The maximum Gasteiger partial charge on any atom is 0.121 e. The fourth-order valence-electron chi connectivity index (χ4n) is 1.21. The molecule has 3 N–H and O–H groups in total. The summed E-state index contributed by atoms with van der Waals surface area (Å²) in [4.78, 5) is 11.4. The zero-order chi connectivity index (χ0) is 8.55. The third-order valence-electron chi connectivity index (χ3n) is 1.82. The first-order chi connectivity index (χ1) is 5.81. The molecule has 0 spiro atoms. The van der Waals surface area contributed by atoms with Crippen molar-refractivity contribution in [2.45, 2.75) is 13.5 Å². The Kier molecular flexibility index (Phi) is 1.55. The van der Waals surface area contributed by atoms with Gasteiger partial charge in [0.1, 0.15) is 5.82 Å². The summed E-state index contributed by atoms with van der Waals surface area (Å²) in [7, 11) is 0. The molecule has 0 aliphatic heterocycles. The summed E-state index contributed by atoms with van der Waals surface area (Å²) < 4.78 is 0. The molecule has 62 valence electrons. The molecule has 2 aromatic heterocycles. The third kappa shape index (κ3) is 0.967. The highest BCUT2D eigenvalue weighted by Crippen LogP contribution is 2.12. The molecule has 0 atom stereocenters. The molecule has 4 nitrogen and oxygen atoms in total. The Morgan fingerprint density at radius 2 is 2.33 bits per heavy atom. The van der Waals surface area contributed by atoms with Crippen molar-refractivity contribution in [2.75, 3.05) is 0 Å². The quantitative estimate of drug-likeness (QED) is 0.649. The highest BCUT2D eigenvalue weighted by molar-refractivity contribution is 5.77. The van der Waals surface area contributed by atoms with Gasteiger partial charge in [-0.15, -0.1) is 0 Å². The average Bonchev–Trinajstić information content (AvgIpc) is 2.49. The van der Waals surface area contributed by atoms with Crippen molar-refractivity contribution in [3.05, 3.63) is 23.8 Å². The number of H-pyrrole nitrogens is 1. The molecule has 0 saturated heterocycles. The lowest BCUT2D eigenvalue weighted by Crippen LogP contribution is -1.97. The van der Waals surface area contributed by atoms with Crippen molar-refractivity contribution in [3.63, 3.8) is 0 Å². The summed E-state index contributed by atoms with van der Waals surface area (Å²) in [5.74, 6) is 0.807. The van der Waals surface area contributed by atoms with Crippen molar-refractivity contribution in [3.8, 4) is 0 Å². The van der Waals surface area contributed by atoms with Crippen LogP contribution in [-0.4, -0.2) is 15.0 Å². The smallest absolute Gasteiger partial charge is 0.121 e. The largest absolute Gasteiger partial charge is 0.340 e. The first-order valence-electron chi connectivity index (χ1n) is 3.80. The predicted octanol–water partition coefficient (Wildman–Crippen LogP) is 0.725. The topological polar surface area (TPSA) is 67.6 Å². The molecule has 0 radical (unpaired) electrons. The summed E-state index contributed by atoms with van der Waals surface area (Å²) >= 11 is 0. The van der Waals surface area contributed by atoms with E-state index >= 15 is 0 Å². The van der Waals surface area contributed by atoms with E-state index in [1.54, 1.807) is 12.4 Å². The Balaban J connectivity index is 2.74. The van der Waals surface area contributed by atoms with Gasteiger partial charge < -0.3 is 10.7 Å². The molecule has 2 heterocycles. The lowest BCUT2D eigenvalue weighted by Gasteiger charge is -1.89. The molecule has 4 heteroatoms. The molecular weight excluding hydrogens is 152 g/mol. The number of nitrogens with zero attached hydrogens (tertiary/aromatic N) is 2. The second kappa shape index (κ2) is 2.57. The number of aromatic amines is 1. The molecular formula is C8H10N4. The van der Waals surface area contributed by atoms with Crippen molar-refractivity contribution < 1.29 is 0 Å². The van der Waals surface area contributed by atoms with E-state index in [0.717, 1.165) is 22.4 Å². The van der Waals surface area contributed by atoms with E-state index in [9.17, 15) is 0 Å². The van der Waals surface area contributed by atoms with Gasteiger partial charge in [-0.1, -0.05) is 0 Å². The van der Waals surface area contributed by atoms with Crippen LogP contribution < -0.4 is 5.73 Å². The lowest BCUT2D eigenvalue weighted by molar-refractivity contribution is 0.958. The number of rotatable bonds is 1. The Morgan fingerprint density at radius 3 is 3.00 bits per heavy atom. The number of aromatic nitrogens is 3. The number of hydrogen-bond donors (Lipinski definition) is 2. The van der Waals surface area contributed by atoms with Gasteiger partial charge in [0.15, 0.2) is 0 Å². The Labute approximate surface area is 69.8 Å². The molecule has 0 bridgehead atoms. The molecule has 0 amide bonds. The molecule has 0 aliphatic rings. The van der Waals surface area contributed by atoms with Gasteiger partial charge >= 0.3 is 0 Å². The zero-order valence-electron chi connectivity index (χ0n) is 6.83. The minimum atomic E-state index is 0.439. The minimum absolute atomic E-state index is 0.439. The molecule has 0 fully saturated rings. The molecule has 0 aliphatic carbocycles. The number of imidazole rings is 1. The number of nitrogens with two attached hydrogens (primary N) is 1. The van der Waals surface area contributed by atoms with Crippen LogP contribution in [0.1, 0.15) is 11.4 Å². The number of fused-ring (bicyclic) bond motifs is 1. The maximum atomic E-state index is 5.45. The van der Waals surface area contributed by atoms with Gasteiger partial charge in [-0.2, -0.15) is 0 Å². The van der Waals surface area contributed by atoms with E-state index < -0.39 is 0 Å². The van der Waals surface area contributed by atoms with Crippen LogP contribution in [-0.2, 0) is 6.54 Å². The van der Waals surface area contributed by atoms with Crippen LogP contribution in [0.5, 0.6) is 0 Å². The van der Waals surface area contributed by atoms with E-state index in [-0.39, 0.29) is 0 Å². The van der Waals surface area contributed by atoms with Crippen LogP contribution >= 0.6 is 0 Å². The number of pyridine rings is 1. The molecule has 2 aromatic rings. The highest BCUT2D eigenvalue weighted by atomic mass is 14.9. The summed E-state index contributed by atoms with van der Waals surface area (Å²) in [6.45, 7) is 2.42. The van der Waals surface area contributed by atoms with Crippen LogP contribution in [0.15, 0.2) is 12.4 Å². The maximum absolute atomic E-state index is 5.45. The van der Waals surface area contributed by atoms with Gasteiger partial charge in [0.05, 0.1) is 23.8 Å². The summed E-state index contributed by atoms with van der Waals surface area (Å²) in [6, 6.07) is 0. The van der Waals surface area contributed by atoms with Gasteiger partial charge in [0.25, 0.3) is 0 Å². The third-order valence-corrected chi connectivity index (χ3v) is 1.82. The van der Waals surface area contributed by atoms with Crippen molar-refractivity contribution in [1.29, 1.82) is 0 Å². The van der Waals surface area contributed by atoms with Crippen LogP contribution in [0.2, 0.25) is 0 Å². The number of hydrogen-bond acceptors (Lipinski definition) is 3. The molecule has 0 aromatic carbocycles. The number of aryl methyl sites for hydroxylation is 1. The second-order valence-electron chi connectivity index (χ2n) is 2.74. The summed E-state index contributed by atoms with van der Waals surface area (Å²) in [5, 5.41) is 0. The summed E-state index contributed by atoms with van der Waals surface area (Å²) in [6.07, 6.45) is 3.55. The van der Waals surface area contributed by atoms with Crippen LogP contribution in [0, 0.1) is 6.92 Å². The second-order valence-corrected chi connectivity index (χ2v) is 2.74. The van der Waals surface area contributed by atoms with E-state index in [2.05, 4.69) is 15.0 Å². The summed E-state index contributed by atoms with van der Waals surface area (Å²) in [5.41, 5.74) is 8.44. The number of nitrogens with one attached hydrogen (secondary N) is 1.